The second-order valence-electron chi connectivity index (χ2n) is 16.5. The molecule has 0 radical (unpaired) electrons. The summed E-state index contributed by atoms with van der Waals surface area (Å²) in [6.07, 6.45) is 8.74. The first-order valence-electron chi connectivity index (χ1n) is 20.5. The van der Waals surface area contributed by atoms with Gasteiger partial charge in [0.2, 0.25) is 11.3 Å². The van der Waals surface area contributed by atoms with Crippen LogP contribution in [0.1, 0.15) is 44.7 Å². The molecule has 1 amide bonds. The van der Waals surface area contributed by atoms with E-state index in [0.717, 1.165) is 77.0 Å². The molecular weight excluding hydrogens is 808 g/mol. The largest absolute Gasteiger partial charge is 0.444 e. The van der Waals surface area contributed by atoms with Gasteiger partial charge in [0.05, 0.1) is 42.6 Å². The maximum atomic E-state index is 12.5. The second kappa shape index (κ2) is 17.7. The Kier molecular flexibility index (Phi) is 12.0. The van der Waals surface area contributed by atoms with Gasteiger partial charge in [0, 0.05) is 62.4 Å². The van der Waals surface area contributed by atoms with Crippen molar-refractivity contribution in [1.82, 2.24) is 70.1 Å². The fourth-order valence-corrected chi connectivity index (χ4v) is 7.76. The van der Waals surface area contributed by atoms with Gasteiger partial charge in [-0.05, 0) is 88.2 Å². The molecule has 8 aromatic rings. The van der Waals surface area contributed by atoms with Crippen molar-refractivity contribution in [2.75, 3.05) is 50.1 Å². The van der Waals surface area contributed by atoms with Gasteiger partial charge in [0.25, 0.3) is 0 Å². The molecule has 18 nitrogen and oxygen atoms in total. The summed E-state index contributed by atoms with van der Waals surface area (Å²) >= 11 is 0. The number of carbonyl (C=O) groups is 1. The summed E-state index contributed by atoms with van der Waals surface area (Å²) in [5.41, 5.74) is 6.06. The average molecular weight is 857 g/mol. The summed E-state index contributed by atoms with van der Waals surface area (Å²) in [6, 6.07) is 20.9. The van der Waals surface area contributed by atoms with Gasteiger partial charge in [-0.2, -0.15) is 0 Å². The SMILES string of the molecule is CN(C(=O)OC(C)(C)C)[C@@H]1CCN(c2cnc3nnn(Cc4ccc5ncccc5c4)c3n2)C1.CN[C@@H]1CCN(c2cnc3nnn(Cc4ccc5ncccc5c4)c3n2)C1.Cl. The molecule has 0 saturated carbocycles. The number of fused-ring (bicyclic) bond motifs is 4. The Labute approximate surface area is 364 Å². The van der Waals surface area contributed by atoms with Crippen molar-refractivity contribution in [3.8, 4) is 0 Å². The lowest BCUT2D eigenvalue weighted by Gasteiger charge is -2.28. The van der Waals surface area contributed by atoms with Gasteiger partial charge in [-0.25, -0.2) is 34.1 Å². The lowest BCUT2D eigenvalue weighted by molar-refractivity contribution is 0.0238. The summed E-state index contributed by atoms with van der Waals surface area (Å²) in [7, 11) is 3.79. The lowest BCUT2D eigenvalue weighted by Crippen LogP contribution is -2.42. The molecule has 8 heterocycles. The molecule has 2 aliphatic heterocycles. The molecule has 2 aliphatic rings. The van der Waals surface area contributed by atoms with E-state index in [0.29, 0.717) is 48.3 Å². The molecule has 0 aliphatic carbocycles. The summed E-state index contributed by atoms with van der Waals surface area (Å²) in [6.45, 7) is 10.1. The average Bonchev–Trinajstić information content (AvgIpc) is 4.10. The minimum atomic E-state index is -0.521. The van der Waals surface area contributed by atoms with Crippen LogP contribution >= 0.6 is 12.4 Å². The highest BCUT2D eigenvalue weighted by Crippen LogP contribution is 2.25. The molecule has 0 spiro atoms. The molecule has 0 unspecified atom stereocenters. The van der Waals surface area contributed by atoms with Crippen molar-refractivity contribution in [2.45, 2.75) is 64.4 Å². The van der Waals surface area contributed by atoms with Crippen LogP contribution in [0.15, 0.2) is 85.5 Å². The molecule has 2 fully saturated rings. The predicted octanol–water partition coefficient (Wildman–Crippen LogP) is 5.30. The smallest absolute Gasteiger partial charge is 0.410 e. The van der Waals surface area contributed by atoms with Crippen LogP contribution in [-0.4, -0.2) is 129 Å². The third-order valence-electron chi connectivity index (χ3n) is 11.1. The van der Waals surface area contributed by atoms with E-state index in [2.05, 4.69) is 79.9 Å². The van der Waals surface area contributed by atoms with Gasteiger partial charge in [0.15, 0.2) is 11.3 Å². The Hall–Kier alpha value is -6.66. The van der Waals surface area contributed by atoms with E-state index >= 15 is 0 Å². The molecular formula is C43H49ClN16O2. The Bertz CT molecular complexity index is 2840. The Morgan fingerprint density at radius 1 is 0.758 bits per heavy atom. The van der Waals surface area contributed by atoms with Crippen molar-refractivity contribution in [3.63, 3.8) is 0 Å². The number of likely N-dealkylation sites (N-methyl/N-ethyl adjacent to an activating group) is 2. The fraction of sp³-hybridized carbons (Fsp3) is 0.372. The van der Waals surface area contributed by atoms with Crippen molar-refractivity contribution >= 4 is 74.5 Å². The molecule has 6 aromatic heterocycles. The highest BCUT2D eigenvalue weighted by atomic mass is 35.5. The van der Waals surface area contributed by atoms with Gasteiger partial charge in [-0.1, -0.05) is 34.7 Å². The lowest BCUT2D eigenvalue weighted by atomic mass is 10.1. The maximum absolute atomic E-state index is 12.5. The number of halogens is 1. The number of aromatic nitrogens is 12. The van der Waals surface area contributed by atoms with Crippen LogP contribution in [0.25, 0.3) is 44.4 Å². The quantitative estimate of drug-likeness (QED) is 0.207. The van der Waals surface area contributed by atoms with E-state index < -0.39 is 5.60 Å². The number of nitrogens with one attached hydrogen (secondary N) is 1. The first-order valence-corrected chi connectivity index (χ1v) is 20.5. The van der Waals surface area contributed by atoms with Crippen LogP contribution in [0.2, 0.25) is 0 Å². The minimum Gasteiger partial charge on any atom is -0.444 e. The highest BCUT2D eigenvalue weighted by Gasteiger charge is 2.32. The Morgan fingerprint density at radius 3 is 1.81 bits per heavy atom. The molecule has 10 rings (SSSR count). The number of nitrogens with zero attached hydrogens (tertiary/aromatic N) is 15. The minimum absolute atomic E-state index is 0. The van der Waals surface area contributed by atoms with Gasteiger partial charge in [0.1, 0.15) is 17.2 Å². The highest BCUT2D eigenvalue weighted by molar-refractivity contribution is 5.85. The van der Waals surface area contributed by atoms with E-state index in [4.69, 9.17) is 14.7 Å². The van der Waals surface area contributed by atoms with E-state index in [1.807, 2.05) is 68.9 Å². The van der Waals surface area contributed by atoms with Gasteiger partial charge in [-0.15, -0.1) is 22.6 Å². The molecule has 2 atom stereocenters. The maximum Gasteiger partial charge on any atom is 0.410 e. The van der Waals surface area contributed by atoms with Crippen LogP contribution in [-0.2, 0) is 17.8 Å². The normalized spacial score (nSPS) is 16.5. The van der Waals surface area contributed by atoms with Crippen molar-refractivity contribution in [1.29, 1.82) is 0 Å². The van der Waals surface area contributed by atoms with Crippen LogP contribution in [0.4, 0.5) is 16.4 Å². The van der Waals surface area contributed by atoms with Crippen molar-refractivity contribution in [2.24, 2.45) is 0 Å². The van der Waals surface area contributed by atoms with Crippen LogP contribution < -0.4 is 15.1 Å². The van der Waals surface area contributed by atoms with E-state index in [1.165, 1.54) is 0 Å². The number of anilines is 2. The zero-order valence-electron chi connectivity index (χ0n) is 35.3. The third kappa shape index (κ3) is 9.15. The first-order chi connectivity index (χ1) is 29.6. The molecule has 0 bridgehead atoms. The number of pyridine rings is 2. The second-order valence-corrected chi connectivity index (χ2v) is 16.5. The van der Waals surface area contributed by atoms with Gasteiger partial charge in [-0.3, -0.25) is 9.97 Å². The summed E-state index contributed by atoms with van der Waals surface area (Å²) in [5.74, 6) is 1.63. The van der Waals surface area contributed by atoms with E-state index in [1.54, 1.807) is 41.4 Å². The van der Waals surface area contributed by atoms with Crippen LogP contribution in [0.3, 0.4) is 0 Å². The summed E-state index contributed by atoms with van der Waals surface area (Å²) < 4.78 is 9.10. The number of carbonyl (C=O) groups excluding carboxylic acids is 1. The molecule has 2 aromatic carbocycles. The number of hydrogen-bond acceptors (Lipinski definition) is 15. The number of amides is 1. The number of benzene rings is 2. The number of ether oxygens (including phenoxy) is 1. The first kappa shape index (κ1) is 42.0. The van der Waals surface area contributed by atoms with E-state index in [9.17, 15) is 4.79 Å². The van der Waals surface area contributed by atoms with Crippen LogP contribution in [0.5, 0.6) is 0 Å². The fourth-order valence-electron chi connectivity index (χ4n) is 7.76. The molecule has 2 saturated heterocycles. The number of hydrogen-bond donors (Lipinski definition) is 1. The van der Waals surface area contributed by atoms with Gasteiger partial charge < -0.3 is 24.8 Å². The topological polar surface area (TPSA) is 187 Å². The molecule has 19 heteroatoms. The zero-order valence-corrected chi connectivity index (χ0v) is 36.1. The molecule has 1 N–H and O–H groups in total. The monoisotopic (exact) mass is 856 g/mol. The predicted molar refractivity (Wildman–Crippen MR) is 239 cm³/mol. The van der Waals surface area contributed by atoms with Crippen molar-refractivity contribution < 1.29 is 9.53 Å². The Morgan fingerprint density at radius 2 is 1.29 bits per heavy atom. The Balaban J connectivity index is 0.000000172. The summed E-state index contributed by atoms with van der Waals surface area (Å²) in [5, 5.41) is 22.4. The standard InChI is InChI=1S/C24H28N8O2.C19H20N8.ClH/c1-24(2,3)34-23(33)30(4)18-9-11-31(15-18)20-13-26-21-22(27-20)32(29-28-21)14-16-7-8-19-17(12-16)6-5-10-25-19;1-20-15-6-8-26(12-15)17-10-22-18-19(23-17)27(25-24-18)11-13-4-5-16-14(9-13)3-2-7-21-16;/h5-8,10,12-13,18H,9,11,14-15H2,1-4H3;2-5,7,9-10,15,20H,6,8,11-12H2,1H3;1H/t18-;15-;/m11./s1. The third-order valence-corrected chi connectivity index (χ3v) is 11.1. The van der Waals surface area contributed by atoms with Gasteiger partial charge >= 0.3 is 6.09 Å². The number of rotatable bonds is 8. The van der Waals surface area contributed by atoms with Crippen LogP contribution in [0, 0.1) is 0 Å². The molecule has 62 heavy (non-hydrogen) atoms. The molecule has 320 valence electrons. The van der Waals surface area contributed by atoms with Crippen molar-refractivity contribution in [3.05, 3.63) is 96.6 Å². The van der Waals surface area contributed by atoms with E-state index in [-0.39, 0.29) is 24.5 Å². The zero-order chi connectivity index (χ0) is 42.1. The summed E-state index contributed by atoms with van der Waals surface area (Å²) in [4.78, 5) is 45.9.